The molecule has 172 valence electrons. The number of rotatable bonds is 9. The van der Waals surface area contributed by atoms with E-state index >= 15 is 0 Å². The molecule has 3 rings (SSSR count). The topological polar surface area (TPSA) is 49.4 Å². The van der Waals surface area contributed by atoms with Gasteiger partial charge in [0.05, 0.1) is 5.75 Å². The number of carbonyl (C=O) groups is 2. The molecule has 0 unspecified atom stereocenters. The normalized spacial score (nSPS) is 14.9. The molecule has 0 saturated heterocycles. The Labute approximate surface area is 205 Å². The highest BCUT2D eigenvalue weighted by molar-refractivity contribution is 7.99. The predicted octanol–water partition coefficient (Wildman–Crippen LogP) is 6.01. The molecular formula is C25H30Cl2N2O2S. The van der Waals surface area contributed by atoms with Gasteiger partial charge in [0.1, 0.15) is 6.04 Å². The van der Waals surface area contributed by atoms with E-state index in [1.165, 1.54) is 11.8 Å². The Morgan fingerprint density at radius 3 is 2.44 bits per heavy atom. The SMILES string of the molecule is Cc1cccc(CN(C(=O)CSCc2c(Cl)cccc2Cl)[C@H](C)C(=O)NC2CCCC2)c1. The Morgan fingerprint density at radius 1 is 1.12 bits per heavy atom. The summed E-state index contributed by atoms with van der Waals surface area (Å²) in [6.07, 6.45) is 4.32. The van der Waals surface area contributed by atoms with Gasteiger partial charge in [-0.25, -0.2) is 0 Å². The molecular weight excluding hydrogens is 463 g/mol. The van der Waals surface area contributed by atoms with Gasteiger partial charge in [-0.1, -0.05) is 71.9 Å². The Morgan fingerprint density at radius 2 is 1.78 bits per heavy atom. The molecule has 2 aromatic rings. The molecule has 0 bridgehead atoms. The highest BCUT2D eigenvalue weighted by Crippen LogP contribution is 2.28. The van der Waals surface area contributed by atoms with Crippen LogP contribution in [0.4, 0.5) is 0 Å². The Hall–Kier alpha value is -1.69. The van der Waals surface area contributed by atoms with Crippen molar-refractivity contribution in [2.24, 2.45) is 0 Å². The van der Waals surface area contributed by atoms with E-state index in [1.54, 1.807) is 23.1 Å². The van der Waals surface area contributed by atoms with Gasteiger partial charge in [-0.05, 0) is 49.9 Å². The number of nitrogens with one attached hydrogen (secondary N) is 1. The molecule has 32 heavy (non-hydrogen) atoms. The molecule has 1 saturated carbocycles. The number of carbonyl (C=O) groups excluding carboxylic acids is 2. The lowest BCUT2D eigenvalue weighted by Crippen LogP contribution is -2.50. The van der Waals surface area contributed by atoms with Crippen molar-refractivity contribution in [3.05, 3.63) is 69.2 Å². The van der Waals surface area contributed by atoms with Crippen molar-refractivity contribution < 1.29 is 9.59 Å². The maximum Gasteiger partial charge on any atom is 0.242 e. The molecule has 0 aromatic heterocycles. The van der Waals surface area contributed by atoms with E-state index < -0.39 is 6.04 Å². The maximum absolute atomic E-state index is 13.2. The fourth-order valence-corrected chi connectivity index (χ4v) is 5.62. The Kier molecular flexibility index (Phi) is 9.33. The summed E-state index contributed by atoms with van der Waals surface area (Å²) in [5.74, 6) is 0.616. The zero-order chi connectivity index (χ0) is 23.1. The van der Waals surface area contributed by atoms with Gasteiger partial charge in [-0.15, -0.1) is 11.8 Å². The second kappa shape index (κ2) is 12.0. The average molecular weight is 494 g/mol. The molecule has 0 heterocycles. The number of nitrogens with zero attached hydrogens (tertiary/aromatic N) is 1. The van der Waals surface area contributed by atoms with Gasteiger partial charge in [0.15, 0.2) is 0 Å². The largest absolute Gasteiger partial charge is 0.352 e. The standard InChI is InChI=1S/C25H30Cl2N2O2S/c1-17-7-5-8-19(13-17)14-29(18(2)25(31)28-20-9-3-4-10-20)24(30)16-32-15-21-22(26)11-6-12-23(21)27/h5-8,11-13,18,20H,3-4,9-10,14-16H2,1-2H3,(H,28,31)/t18-/m1/s1. The third-order valence-corrected chi connectivity index (χ3v) is 7.49. The summed E-state index contributed by atoms with van der Waals surface area (Å²) in [6, 6.07) is 13.1. The molecule has 2 amide bonds. The van der Waals surface area contributed by atoms with Crippen LogP contribution in [0.5, 0.6) is 0 Å². The summed E-state index contributed by atoms with van der Waals surface area (Å²) in [5.41, 5.74) is 2.96. The van der Waals surface area contributed by atoms with Crippen molar-refractivity contribution in [3.63, 3.8) is 0 Å². The first kappa shape index (κ1) is 24.9. The number of halogens is 2. The van der Waals surface area contributed by atoms with E-state index in [0.717, 1.165) is 42.4 Å². The zero-order valence-corrected chi connectivity index (χ0v) is 20.9. The van der Waals surface area contributed by atoms with E-state index in [1.807, 2.05) is 32.0 Å². The maximum atomic E-state index is 13.2. The van der Waals surface area contributed by atoms with Crippen LogP contribution in [0.25, 0.3) is 0 Å². The van der Waals surface area contributed by atoms with Crippen LogP contribution in [0.15, 0.2) is 42.5 Å². The van der Waals surface area contributed by atoms with Gasteiger partial charge in [-0.2, -0.15) is 0 Å². The van der Waals surface area contributed by atoms with Crippen molar-refractivity contribution >= 4 is 46.8 Å². The number of hydrogen-bond donors (Lipinski definition) is 1. The second-order valence-electron chi connectivity index (χ2n) is 8.37. The predicted molar refractivity (Wildman–Crippen MR) is 134 cm³/mol. The Bertz CT molecular complexity index is 927. The van der Waals surface area contributed by atoms with E-state index in [2.05, 4.69) is 11.4 Å². The van der Waals surface area contributed by atoms with Crippen LogP contribution in [-0.2, 0) is 21.9 Å². The molecule has 1 aliphatic rings. The van der Waals surface area contributed by atoms with Crippen LogP contribution in [0.1, 0.15) is 49.3 Å². The number of hydrogen-bond acceptors (Lipinski definition) is 3. The summed E-state index contributed by atoms with van der Waals surface area (Å²) in [7, 11) is 0. The second-order valence-corrected chi connectivity index (χ2v) is 10.2. The van der Waals surface area contributed by atoms with E-state index in [9.17, 15) is 9.59 Å². The minimum absolute atomic E-state index is 0.0752. The number of benzene rings is 2. The van der Waals surface area contributed by atoms with E-state index in [0.29, 0.717) is 22.3 Å². The summed E-state index contributed by atoms with van der Waals surface area (Å²) in [4.78, 5) is 27.9. The highest BCUT2D eigenvalue weighted by Gasteiger charge is 2.28. The van der Waals surface area contributed by atoms with Gasteiger partial charge in [0.25, 0.3) is 0 Å². The van der Waals surface area contributed by atoms with Crippen molar-refractivity contribution in [3.8, 4) is 0 Å². The van der Waals surface area contributed by atoms with Gasteiger partial charge < -0.3 is 10.2 Å². The fourth-order valence-electron chi connectivity index (χ4n) is 3.98. The lowest BCUT2D eigenvalue weighted by Gasteiger charge is -2.30. The van der Waals surface area contributed by atoms with E-state index in [4.69, 9.17) is 23.2 Å². The quantitative estimate of drug-likeness (QED) is 0.466. The van der Waals surface area contributed by atoms with Gasteiger partial charge >= 0.3 is 0 Å². The first-order valence-corrected chi connectivity index (χ1v) is 12.9. The first-order valence-electron chi connectivity index (χ1n) is 11.0. The highest BCUT2D eigenvalue weighted by atomic mass is 35.5. The monoisotopic (exact) mass is 492 g/mol. The molecule has 0 radical (unpaired) electrons. The minimum atomic E-state index is -0.548. The molecule has 0 spiro atoms. The van der Waals surface area contributed by atoms with Crippen LogP contribution in [0.2, 0.25) is 10.0 Å². The molecule has 1 fully saturated rings. The molecule has 0 aliphatic heterocycles. The fraction of sp³-hybridized carbons (Fsp3) is 0.440. The van der Waals surface area contributed by atoms with Gasteiger partial charge in [0, 0.05) is 28.4 Å². The van der Waals surface area contributed by atoms with Crippen molar-refractivity contribution in [2.75, 3.05) is 5.75 Å². The number of thioether (sulfide) groups is 1. The lowest BCUT2D eigenvalue weighted by molar-refractivity contribution is -0.138. The van der Waals surface area contributed by atoms with Crippen molar-refractivity contribution in [2.45, 2.75) is 63.9 Å². The summed E-state index contributed by atoms with van der Waals surface area (Å²) in [5, 5.41) is 4.32. The number of amides is 2. The third kappa shape index (κ3) is 6.90. The molecule has 1 atom stereocenters. The smallest absolute Gasteiger partial charge is 0.242 e. The zero-order valence-electron chi connectivity index (χ0n) is 18.6. The Balaban J connectivity index is 1.68. The summed E-state index contributed by atoms with van der Waals surface area (Å²) < 4.78 is 0. The molecule has 7 heteroatoms. The van der Waals surface area contributed by atoms with Crippen molar-refractivity contribution in [1.82, 2.24) is 10.2 Å². The molecule has 2 aromatic carbocycles. The summed E-state index contributed by atoms with van der Waals surface area (Å²) in [6.45, 7) is 4.23. The lowest BCUT2D eigenvalue weighted by atomic mass is 10.1. The number of aryl methyl sites for hydroxylation is 1. The van der Waals surface area contributed by atoms with E-state index in [-0.39, 0.29) is 23.6 Å². The molecule has 4 nitrogen and oxygen atoms in total. The van der Waals surface area contributed by atoms with Gasteiger partial charge in [0.2, 0.25) is 11.8 Å². The summed E-state index contributed by atoms with van der Waals surface area (Å²) >= 11 is 14.0. The van der Waals surface area contributed by atoms with Crippen molar-refractivity contribution in [1.29, 1.82) is 0 Å². The minimum Gasteiger partial charge on any atom is -0.352 e. The molecule has 1 aliphatic carbocycles. The van der Waals surface area contributed by atoms with Crippen LogP contribution in [0, 0.1) is 6.92 Å². The van der Waals surface area contributed by atoms with Crippen LogP contribution in [-0.4, -0.2) is 34.6 Å². The van der Waals surface area contributed by atoms with Crippen LogP contribution >= 0.6 is 35.0 Å². The third-order valence-electron chi connectivity index (χ3n) is 5.84. The molecule has 1 N–H and O–H groups in total. The average Bonchev–Trinajstić information content (AvgIpc) is 3.26. The first-order chi connectivity index (χ1) is 15.3. The van der Waals surface area contributed by atoms with Crippen LogP contribution < -0.4 is 5.32 Å². The van der Waals surface area contributed by atoms with Gasteiger partial charge in [-0.3, -0.25) is 9.59 Å². The van der Waals surface area contributed by atoms with Crippen LogP contribution in [0.3, 0.4) is 0 Å².